The Morgan fingerprint density at radius 2 is 1.57 bits per heavy atom. The van der Waals surface area contributed by atoms with E-state index >= 15 is 0 Å². The summed E-state index contributed by atoms with van der Waals surface area (Å²) in [6, 6.07) is 12.5. The number of hydrogen-bond donors (Lipinski definition) is 2. The molecule has 0 spiro atoms. The summed E-state index contributed by atoms with van der Waals surface area (Å²) >= 11 is 1.05. The summed E-state index contributed by atoms with van der Waals surface area (Å²) in [6.07, 6.45) is 7.32. The molecule has 1 atom stereocenters. The zero-order chi connectivity index (χ0) is 24.9. The molecule has 186 valence electrons. The molecule has 6 nitrogen and oxygen atoms in total. The predicted molar refractivity (Wildman–Crippen MR) is 142 cm³/mol. The fraction of sp³-hybridized carbons (Fsp3) is 0.464. The molecule has 2 aromatic carbocycles. The monoisotopic (exact) mass is 493 g/mol. The fourth-order valence-corrected chi connectivity index (χ4v) is 6.07. The zero-order valence-corrected chi connectivity index (χ0v) is 21.7. The van der Waals surface area contributed by atoms with Crippen LogP contribution in [0.5, 0.6) is 0 Å². The second-order valence-corrected chi connectivity index (χ2v) is 11.1. The lowest BCUT2D eigenvalue weighted by Gasteiger charge is -2.32. The maximum absolute atomic E-state index is 13.6. The van der Waals surface area contributed by atoms with Gasteiger partial charge in [0.2, 0.25) is 5.91 Å². The largest absolute Gasteiger partial charge is 0.322 e. The number of imide groups is 1. The quantitative estimate of drug-likeness (QED) is 0.465. The van der Waals surface area contributed by atoms with E-state index in [1.165, 1.54) is 18.4 Å². The van der Waals surface area contributed by atoms with E-state index in [0.29, 0.717) is 13.0 Å². The van der Waals surface area contributed by atoms with Gasteiger partial charge in [-0.05, 0) is 62.3 Å². The number of nitrogens with zero attached hydrogens (tertiary/aromatic N) is 1. The van der Waals surface area contributed by atoms with E-state index in [4.69, 9.17) is 0 Å². The number of benzene rings is 2. The maximum Gasteiger partial charge on any atom is 0.322 e. The van der Waals surface area contributed by atoms with Gasteiger partial charge < -0.3 is 10.2 Å². The summed E-state index contributed by atoms with van der Waals surface area (Å²) in [7, 11) is 0. The van der Waals surface area contributed by atoms with Crippen molar-refractivity contribution in [1.82, 2.24) is 10.2 Å². The van der Waals surface area contributed by atoms with Crippen LogP contribution in [0.4, 0.5) is 15.3 Å². The SMILES string of the molecule is Cc1cc(C)c(NC(=O)N(Cc2ccc(CC3SC(=O)NC3=O)cc2)C2CCCCCC2)c(C)c1. The fourth-order valence-electron chi connectivity index (χ4n) is 5.21. The van der Waals surface area contributed by atoms with Crippen molar-refractivity contribution >= 4 is 34.6 Å². The molecule has 2 fully saturated rings. The second kappa shape index (κ2) is 11.3. The number of thioether (sulfide) groups is 1. The molecule has 2 aromatic rings. The standard InChI is InChI=1S/C28H35N3O3S/c1-18-14-19(2)25(20(3)15-18)29-27(33)31(23-8-6-4-5-7-9-23)17-22-12-10-21(11-13-22)16-24-26(32)30-28(34)35-24/h10-15,23-24H,4-9,16-17H2,1-3H3,(H,29,33)(H,30,32,34). The molecule has 4 rings (SSSR count). The molecule has 1 saturated heterocycles. The highest BCUT2D eigenvalue weighted by Gasteiger charge is 2.31. The summed E-state index contributed by atoms with van der Waals surface area (Å²) < 4.78 is 0. The van der Waals surface area contributed by atoms with E-state index in [9.17, 15) is 14.4 Å². The third-order valence-corrected chi connectivity index (χ3v) is 7.98. The Hall–Kier alpha value is -2.80. The van der Waals surface area contributed by atoms with Crippen LogP contribution >= 0.6 is 11.8 Å². The topological polar surface area (TPSA) is 78.5 Å². The summed E-state index contributed by atoms with van der Waals surface area (Å²) in [5.41, 5.74) is 6.31. The highest BCUT2D eigenvalue weighted by Crippen LogP contribution is 2.28. The smallest absolute Gasteiger partial charge is 0.317 e. The Kier molecular flexibility index (Phi) is 8.16. The lowest BCUT2D eigenvalue weighted by molar-refractivity contribution is -0.118. The van der Waals surface area contributed by atoms with Crippen LogP contribution in [0.1, 0.15) is 66.3 Å². The first-order valence-corrected chi connectivity index (χ1v) is 13.4. The Bertz CT molecular complexity index is 1070. The lowest BCUT2D eigenvalue weighted by Crippen LogP contribution is -2.42. The first-order valence-electron chi connectivity index (χ1n) is 12.5. The molecule has 1 saturated carbocycles. The van der Waals surface area contributed by atoms with Crippen LogP contribution in [0.25, 0.3) is 0 Å². The molecular formula is C28H35N3O3S. The molecule has 4 amide bonds. The molecule has 35 heavy (non-hydrogen) atoms. The number of carbonyl (C=O) groups excluding carboxylic acids is 3. The van der Waals surface area contributed by atoms with Gasteiger partial charge in [-0.15, -0.1) is 0 Å². The lowest BCUT2D eigenvalue weighted by atomic mass is 10.0. The average molecular weight is 494 g/mol. The molecule has 7 heteroatoms. The minimum atomic E-state index is -0.373. The van der Waals surface area contributed by atoms with Crippen LogP contribution in [0.2, 0.25) is 0 Å². The summed E-state index contributed by atoms with van der Waals surface area (Å²) in [4.78, 5) is 39.0. The van der Waals surface area contributed by atoms with E-state index in [-0.39, 0.29) is 28.5 Å². The van der Waals surface area contributed by atoms with Crippen LogP contribution in [-0.2, 0) is 17.8 Å². The second-order valence-electron chi connectivity index (χ2n) is 9.88. The van der Waals surface area contributed by atoms with E-state index in [0.717, 1.165) is 65.4 Å². The molecule has 2 aliphatic rings. The van der Waals surface area contributed by atoms with Crippen molar-refractivity contribution in [3.8, 4) is 0 Å². The Morgan fingerprint density at radius 3 is 2.14 bits per heavy atom. The van der Waals surface area contributed by atoms with Crippen molar-refractivity contribution in [2.45, 2.75) is 83.6 Å². The third-order valence-electron chi connectivity index (χ3n) is 7.00. The Balaban J connectivity index is 1.50. The number of aryl methyl sites for hydroxylation is 3. The van der Waals surface area contributed by atoms with Gasteiger partial charge in [0.05, 0.1) is 5.25 Å². The van der Waals surface area contributed by atoms with Crippen LogP contribution in [0, 0.1) is 20.8 Å². The molecule has 1 aliphatic carbocycles. The van der Waals surface area contributed by atoms with Crippen LogP contribution < -0.4 is 10.6 Å². The molecule has 1 unspecified atom stereocenters. The first kappa shape index (κ1) is 25.3. The van der Waals surface area contributed by atoms with Crippen molar-refractivity contribution in [3.05, 3.63) is 64.2 Å². The first-order chi connectivity index (χ1) is 16.8. The van der Waals surface area contributed by atoms with Gasteiger partial charge in [0, 0.05) is 18.3 Å². The molecule has 1 heterocycles. The number of amides is 4. The molecule has 0 aromatic heterocycles. The minimum absolute atomic E-state index is 0.0476. The zero-order valence-electron chi connectivity index (χ0n) is 20.9. The summed E-state index contributed by atoms with van der Waals surface area (Å²) in [5.74, 6) is -0.220. The van der Waals surface area contributed by atoms with E-state index in [2.05, 4.69) is 29.7 Å². The van der Waals surface area contributed by atoms with Gasteiger partial charge in [-0.3, -0.25) is 14.9 Å². The number of carbonyl (C=O) groups is 3. The van der Waals surface area contributed by atoms with Gasteiger partial charge >= 0.3 is 6.03 Å². The van der Waals surface area contributed by atoms with Crippen molar-refractivity contribution in [3.63, 3.8) is 0 Å². The van der Waals surface area contributed by atoms with Crippen LogP contribution in [0.3, 0.4) is 0 Å². The molecule has 0 bridgehead atoms. The van der Waals surface area contributed by atoms with Crippen molar-refractivity contribution in [1.29, 1.82) is 0 Å². The van der Waals surface area contributed by atoms with E-state index in [1.54, 1.807) is 0 Å². The Morgan fingerprint density at radius 1 is 0.971 bits per heavy atom. The summed E-state index contributed by atoms with van der Waals surface area (Å²) in [5, 5.41) is 4.91. The number of anilines is 1. The highest BCUT2D eigenvalue weighted by atomic mass is 32.2. The van der Waals surface area contributed by atoms with Gasteiger partial charge in [0.25, 0.3) is 5.24 Å². The molecule has 1 aliphatic heterocycles. The average Bonchev–Trinajstić information content (AvgIpc) is 2.99. The normalized spacial score (nSPS) is 18.8. The van der Waals surface area contributed by atoms with Gasteiger partial charge in [-0.1, -0.05) is 79.4 Å². The number of urea groups is 1. The van der Waals surface area contributed by atoms with Gasteiger partial charge in [-0.2, -0.15) is 0 Å². The minimum Gasteiger partial charge on any atom is -0.317 e. The predicted octanol–water partition coefficient (Wildman–Crippen LogP) is 6.26. The molecule has 2 N–H and O–H groups in total. The van der Waals surface area contributed by atoms with Crippen molar-refractivity contribution in [2.75, 3.05) is 5.32 Å². The van der Waals surface area contributed by atoms with Gasteiger partial charge in [-0.25, -0.2) is 4.79 Å². The Labute approximate surface area is 212 Å². The van der Waals surface area contributed by atoms with Crippen LogP contribution in [0.15, 0.2) is 36.4 Å². The van der Waals surface area contributed by atoms with Crippen molar-refractivity contribution in [2.24, 2.45) is 0 Å². The highest BCUT2D eigenvalue weighted by molar-refractivity contribution is 8.15. The van der Waals surface area contributed by atoms with Crippen molar-refractivity contribution < 1.29 is 14.4 Å². The maximum atomic E-state index is 13.6. The third kappa shape index (κ3) is 6.45. The summed E-state index contributed by atoms with van der Waals surface area (Å²) in [6.45, 7) is 6.70. The number of hydrogen-bond acceptors (Lipinski definition) is 4. The van der Waals surface area contributed by atoms with E-state index < -0.39 is 0 Å². The molecule has 0 radical (unpaired) electrons. The number of nitrogens with one attached hydrogen (secondary N) is 2. The van der Waals surface area contributed by atoms with E-state index in [1.807, 2.05) is 43.0 Å². The van der Waals surface area contributed by atoms with Gasteiger partial charge in [0.15, 0.2) is 0 Å². The van der Waals surface area contributed by atoms with Gasteiger partial charge in [0.1, 0.15) is 0 Å². The van der Waals surface area contributed by atoms with Crippen LogP contribution in [-0.4, -0.2) is 33.4 Å². The molecular weight excluding hydrogens is 458 g/mol. The number of rotatable bonds is 6.